The Kier molecular flexibility index (Phi) is 5.21. The molecule has 2 aromatic carbocycles. The van der Waals surface area contributed by atoms with Gasteiger partial charge in [-0.2, -0.15) is 4.31 Å². The lowest BCUT2D eigenvalue weighted by Crippen LogP contribution is -2.39. The highest BCUT2D eigenvalue weighted by Crippen LogP contribution is 2.32. The molecule has 0 aliphatic carbocycles. The fraction of sp³-hybridized carbons (Fsp3) is 0.227. The highest BCUT2D eigenvalue weighted by Gasteiger charge is 2.30. The summed E-state index contributed by atoms with van der Waals surface area (Å²) in [5, 5.41) is 0.937. The Balaban J connectivity index is 1.71. The third kappa shape index (κ3) is 3.42. The summed E-state index contributed by atoms with van der Waals surface area (Å²) in [7, 11) is -0.930. The maximum absolute atomic E-state index is 13.2. The molecular weight excluding hydrogens is 407 g/mol. The van der Waals surface area contributed by atoms with Gasteiger partial charge in [0, 0.05) is 30.2 Å². The van der Waals surface area contributed by atoms with Crippen LogP contribution in [0.15, 0.2) is 59.5 Å². The molecule has 3 aromatic rings. The second-order valence-corrected chi connectivity index (χ2v) is 9.14. The van der Waals surface area contributed by atoms with E-state index in [1.165, 1.54) is 30.6 Å². The first-order chi connectivity index (χ1) is 14.3. The molecule has 2 heterocycles. The lowest BCUT2D eigenvalue weighted by Gasteiger charge is -2.29. The molecule has 8 heteroatoms. The number of methoxy groups -OCH3 is 1. The number of halogens is 1. The minimum atomic E-state index is -3.80. The van der Waals surface area contributed by atoms with Crippen LogP contribution in [0.2, 0.25) is 0 Å². The van der Waals surface area contributed by atoms with Crippen molar-refractivity contribution in [1.29, 1.82) is 0 Å². The molecule has 0 saturated carbocycles. The highest BCUT2D eigenvalue weighted by molar-refractivity contribution is 7.89. The van der Waals surface area contributed by atoms with Crippen molar-refractivity contribution >= 4 is 33.0 Å². The number of sulfonamides is 1. The van der Waals surface area contributed by atoms with Crippen molar-refractivity contribution in [3.05, 3.63) is 71.7 Å². The molecular formula is C22H21FN2O4S. The SMILES string of the molecule is COC(=O)Cc1c2n(c3ccccc13)CC(N(C)S(=O)(=O)c1ccc(F)cc1)C=C2. The molecule has 1 aliphatic heterocycles. The Morgan fingerprint density at radius 1 is 1.20 bits per heavy atom. The van der Waals surface area contributed by atoms with Gasteiger partial charge in [-0.1, -0.05) is 24.3 Å². The van der Waals surface area contributed by atoms with E-state index in [0.29, 0.717) is 6.54 Å². The quantitative estimate of drug-likeness (QED) is 0.586. The summed E-state index contributed by atoms with van der Waals surface area (Å²) in [6.45, 7) is 0.393. The zero-order chi connectivity index (χ0) is 21.5. The van der Waals surface area contributed by atoms with Crippen LogP contribution in [0.5, 0.6) is 0 Å². The van der Waals surface area contributed by atoms with Crippen LogP contribution in [0, 0.1) is 5.82 Å². The van der Waals surface area contributed by atoms with Gasteiger partial charge in [0.05, 0.1) is 24.5 Å². The number of ether oxygens (including phenoxy) is 1. The summed E-state index contributed by atoms with van der Waals surface area (Å²) >= 11 is 0. The maximum Gasteiger partial charge on any atom is 0.310 e. The standard InChI is InChI=1S/C22H21FN2O4S/c1-24(30(27,28)17-10-7-15(23)8-11-17)16-9-12-21-19(13-22(26)29-2)18-5-3-4-6-20(18)25(21)14-16/h3-12,16H,13-14H2,1-2H3. The number of rotatable bonds is 5. The summed E-state index contributed by atoms with van der Waals surface area (Å²) in [6, 6.07) is 12.1. The summed E-state index contributed by atoms with van der Waals surface area (Å²) in [6.07, 6.45) is 3.80. The van der Waals surface area contributed by atoms with Gasteiger partial charge in [0.25, 0.3) is 0 Å². The minimum Gasteiger partial charge on any atom is -0.469 e. The number of fused-ring (bicyclic) bond motifs is 3. The zero-order valence-corrected chi connectivity index (χ0v) is 17.4. The van der Waals surface area contributed by atoms with Crippen LogP contribution in [-0.4, -0.2) is 43.5 Å². The predicted molar refractivity (Wildman–Crippen MR) is 112 cm³/mol. The Bertz CT molecular complexity index is 1250. The average Bonchev–Trinajstić information content (AvgIpc) is 3.06. The molecule has 4 rings (SSSR count). The normalized spacial score (nSPS) is 16.1. The van der Waals surface area contributed by atoms with Crippen LogP contribution in [0.3, 0.4) is 0 Å². The largest absolute Gasteiger partial charge is 0.469 e. The van der Waals surface area contributed by atoms with Gasteiger partial charge in [-0.05, 0) is 42.0 Å². The monoisotopic (exact) mass is 428 g/mol. The number of likely N-dealkylation sites (N-methyl/N-ethyl adjacent to an activating group) is 1. The van der Waals surface area contributed by atoms with Gasteiger partial charge in [-0.15, -0.1) is 0 Å². The van der Waals surface area contributed by atoms with E-state index in [9.17, 15) is 17.6 Å². The van der Waals surface area contributed by atoms with E-state index < -0.39 is 21.9 Å². The molecule has 1 atom stereocenters. The van der Waals surface area contributed by atoms with Crippen LogP contribution in [0.1, 0.15) is 11.3 Å². The summed E-state index contributed by atoms with van der Waals surface area (Å²) in [5.74, 6) is -0.823. The van der Waals surface area contributed by atoms with Gasteiger partial charge < -0.3 is 9.30 Å². The molecule has 1 aliphatic rings. The topological polar surface area (TPSA) is 68.6 Å². The van der Waals surface area contributed by atoms with Crippen molar-refractivity contribution in [2.24, 2.45) is 0 Å². The van der Waals surface area contributed by atoms with Gasteiger partial charge in [0.15, 0.2) is 0 Å². The van der Waals surface area contributed by atoms with Crippen molar-refractivity contribution < 1.29 is 22.3 Å². The number of nitrogens with zero attached hydrogens (tertiary/aromatic N) is 2. The molecule has 0 bridgehead atoms. The zero-order valence-electron chi connectivity index (χ0n) is 16.6. The Morgan fingerprint density at radius 3 is 2.60 bits per heavy atom. The fourth-order valence-electron chi connectivity index (χ4n) is 3.82. The average molecular weight is 428 g/mol. The van der Waals surface area contributed by atoms with Crippen LogP contribution in [0.4, 0.5) is 4.39 Å². The first-order valence-corrected chi connectivity index (χ1v) is 10.9. The van der Waals surface area contributed by atoms with Gasteiger partial charge in [-0.25, -0.2) is 12.8 Å². The van der Waals surface area contributed by atoms with Crippen molar-refractivity contribution in [2.45, 2.75) is 23.9 Å². The third-order valence-electron chi connectivity index (χ3n) is 5.47. The Morgan fingerprint density at radius 2 is 1.90 bits per heavy atom. The number of esters is 1. The third-order valence-corrected chi connectivity index (χ3v) is 7.37. The van der Waals surface area contributed by atoms with Crippen LogP contribution in [-0.2, 0) is 32.5 Å². The van der Waals surface area contributed by atoms with Crippen molar-refractivity contribution in [1.82, 2.24) is 8.87 Å². The molecule has 1 unspecified atom stereocenters. The lowest BCUT2D eigenvalue weighted by atomic mass is 10.1. The predicted octanol–water partition coefficient (Wildman–Crippen LogP) is 3.21. The minimum absolute atomic E-state index is 0.0364. The van der Waals surface area contributed by atoms with Crippen LogP contribution >= 0.6 is 0 Å². The Hall–Kier alpha value is -2.97. The summed E-state index contributed by atoms with van der Waals surface area (Å²) < 4.78 is 47.4. The second-order valence-electron chi connectivity index (χ2n) is 7.15. The van der Waals surface area contributed by atoms with Crippen LogP contribution in [0.25, 0.3) is 17.0 Å². The van der Waals surface area contributed by atoms with Crippen molar-refractivity contribution in [3.63, 3.8) is 0 Å². The molecule has 0 fully saturated rings. The summed E-state index contributed by atoms with van der Waals surface area (Å²) in [5.41, 5.74) is 2.65. The molecule has 0 radical (unpaired) electrons. The molecule has 0 amide bonds. The van der Waals surface area contributed by atoms with Gasteiger partial charge in [0.2, 0.25) is 10.0 Å². The first kappa shape index (κ1) is 20.3. The smallest absolute Gasteiger partial charge is 0.310 e. The van der Waals surface area contributed by atoms with E-state index in [-0.39, 0.29) is 17.3 Å². The number of benzene rings is 2. The maximum atomic E-state index is 13.2. The molecule has 156 valence electrons. The number of carbonyl (C=O) groups excluding carboxylic acids is 1. The van der Waals surface area contributed by atoms with Gasteiger partial charge in [-0.3, -0.25) is 4.79 Å². The number of hydrogen-bond acceptors (Lipinski definition) is 4. The van der Waals surface area contributed by atoms with E-state index in [2.05, 4.69) is 0 Å². The molecule has 1 aromatic heterocycles. The van der Waals surface area contributed by atoms with E-state index in [1.54, 1.807) is 0 Å². The second kappa shape index (κ2) is 7.70. The number of para-hydroxylation sites is 1. The van der Waals surface area contributed by atoms with E-state index in [1.807, 2.05) is 41.0 Å². The first-order valence-electron chi connectivity index (χ1n) is 9.41. The fourth-order valence-corrected chi connectivity index (χ4v) is 5.13. The molecule has 0 spiro atoms. The van der Waals surface area contributed by atoms with Gasteiger partial charge >= 0.3 is 5.97 Å². The van der Waals surface area contributed by atoms with E-state index in [4.69, 9.17) is 4.74 Å². The Labute approximate surface area is 174 Å². The number of hydrogen-bond donors (Lipinski definition) is 0. The van der Waals surface area contributed by atoms with E-state index >= 15 is 0 Å². The highest BCUT2D eigenvalue weighted by atomic mass is 32.2. The number of carbonyl (C=O) groups is 1. The van der Waals surface area contributed by atoms with Gasteiger partial charge in [0.1, 0.15) is 5.82 Å². The summed E-state index contributed by atoms with van der Waals surface area (Å²) in [4.78, 5) is 12.0. The number of aromatic nitrogens is 1. The molecule has 30 heavy (non-hydrogen) atoms. The van der Waals surface area contributed by atoms with E-state index in [0.717, 1.165) is 34.3 Å². The molecule has 0 saturated heterocycles. The van der Waals surface area contributed by atoms with Crippen molar-refractivity contribution in [2.75, 3.05) is 14.2 Å². The van der Waals surface area contributed by atoms with Crippen LogP contribution < -0.4 is 0 Å². The lowest BCUT2D eigenvalue weighted by molar-refractivity contribution is -0.139. The van der Waals surface area contributed by atoms with Crippen molar-refractivity contribution in [3.8, 4) is 0 Å². The molecule has 0 N–H and O–H groups in total. The molecule has 6 nitrogen and oxygen atoms in total.